The number of hydrogen-bond acceptors (Lipinski definition) is 6. The van der Waals surface area contributed by atoms with Gasteiger partial charge in [0, 0.05) is 46.0 Å². The molecule has 0 aliphatic carbocycles. The van der Waals surface area contributed by atoms with Gasteiger partial charge in [-0.15, -0.1) is 0 Å². The van der Waals surface area contributed by atoms with Crippen molar-refractivity contribution in [1.29, 1.82) is 0 Å². The largest absolute Gasteiger partial charge is 0.465 e. The lowest BCUT2D eigenvalue weighted by molar-refractivity contribution is -0.122. The lowest BCUT2D eigenvalue weighted by atomic mass is 9.74. The highest BCUT2D eigenvalue weighted by molar-refractivity contribution is 6.31. The summed E-state index contributed by atoms with van der Waals surface area (Å²) in [4.78, 5) is 25.6. The number of nitrogens with one attached hydrogen (secondary N) is 3. The van der Waals surface area contributed by atoms with Gasteiger partial charge in [0.1, 0.15) is 11.4 Å². The highest BCUT2D eigenvalue weighted by Gasteiger charge is 2.64. The summed E-state index contributed by atoms with van der Waals surface area (Å²) in [5.74, 6) is -1.93. The fraction of sp³-hybridized carbons (Fsp3) is 0.286. The number of nitrogen functional groups attached to an aromatic ring is 1. The molecule has 1 unspecified atom stereocenters. The van der Waals surface area contributed by atoms with Crippen LogP contribution in [0.25, 0.3) is 0 Å². The maximum absolute atomic E-state index is 15.5. The van der Waals surface area contributed by atoms with Crippen molar-refractivity contribution in [3.63, 3.8) is 0 Å². The van der Waals surface area contributed by atoms with Crippen LogP contribution in [0.4, 0.5) is 15.8 Å². The van der Waals surface area contributed by atoms with E-state index in [-0.39, 0.29) is 36.5 Å². The van der Waals surface area contributed by atoms with Gasteiger partial charge in [0.2, 0.25) is 5.91 Å². The molecule has 10 heteroatoms. The van der Waals surface area contributed by atoms with Crippen LogP contribution in [0.5, 0.6) is 0 Å². The van der Waals surface area contributed by atoms with Crippen LogP contribution in [0.3, 0.4) is 0 Å². The number of anilines is 2. The number of rotatable bonds is 3. The number of methoxy groups -OCH3 is 1. The van der Waals surface area contributed by atoms with Gasteiger partial charge >= 0.3 is 5.97 Å². The summed E-state index contributed by atoms with van der Waals surface area (Å²) >= 11 is 12.4. The zero-order valence-electron chi connectivity index (χ0n) is 19.6. The summed E-state index contributed by atoms with van der Waals surface area (Å²) in [5.41, 5.74) is 8.36. The fourth-order valence-electron chi connectivity index (χ4n) is 6.25. The van der Waals surface area contributed by atoms with Gasteiger partial charge in [-0.25, -0.2) is 9.18 Å². The minimum Gasteiger partial charge on any atom is -0.465 e. The van der Waals surface area contributed by atoms with Crippen LogP contribution in [0.1, 0.15) is 52.9 Å². The average molecular weight is 557 g/mol. The first-order valence-corrected chi connectivity index (χ1v) is 12.6. The first-order chi connectivity index (χ1) is 17.7. The van der Waals surface area contributed by atoms with Crippen LogP contribution < -0.4 is 21.7 Å². The van der Waals surface area contributed by atoms with Gasteiger partial charge in [-0.3, -0.25) is 10.1 Å². The molecule has 2 saturated heterocycles. The molecule has 0 radical (unpaired) electrons. The Morgan fingerprint density at radius 2 is 1.92 bits per heavy atom. The Bertz CT molecular complexity index is 1470. The molecule has 3 aromatic carbocycles. The molecule has 5 N–H and O–H groups in total. The third-order valence-corrected chi connectivity index (χ3v) is 8.30. The average Bonchev–Trinajstić information content (AvgIpc) is 3.49. The number of hydrogen-bond donors (Lipinski definition) is 4. The standard InChI is InChI=1S/C27H23Cl2FN4O3.CH4/c1-37-25(35)12-5-7-14(18(31)9-12)19-11-21-24(32-19)22(15-3-2-4-17(29)23(15)30)27(34-21)16-8-6-13(28)10-20(16)33-26(27)36;/h2-10,19,21-22,24,32,34H,11,31H2,1H3,(H,33,36);1H4/t19?,21-,22-,24+,27+;/m0./s1. The van der Waals surface area contributed by atoms with Crippen molar-refractivity contribution in [3.8, 4) is 0 Å². The Morgan fingerprint density at radius 3 is 2.66 bits per heavy atom. The van der Waals surface area contributed by atoms with E-state index in [2.05, 4.69) is 16.0 Å². The summed E-state index contributed by atoms with van der Waals surface area (Å²) in [6.07, 6.45) is 0.586. The van der Waals surface area contributed by atoms with Crippen LogP contribution in [0, 0.1) is 5.82 Å². The lowest BCUT2D eigenvalue weighted by Gasteiger charge is -2.34. The molecule has 0 saturated carbocycles. The van der Waals surface area contributed by atoms with E-state index in [9.17, 15) is 9.59 Å². The number of carbonyl (C=O) groups is 2. The van der Waals surface area contributed by atoms with Gasteiger partial charge in [0.05, 0.1) is 17.7 Å². The quantitative estimate of drug-likeness (QED) is 0.263. The highest BCUT2D eigenvalue weighted by Crippen LogP contribution is 2.55. The second kappa shape index (κ2) is 9.54. The molecule has 3 aromatic rings. The SMILES string of the molecule is C.COC(=O)c1ccc(C2C[C@@H]3N[C@@]4(C(=O)Nc5cc(Cl)ccc54)[C@@H](c4cccc(Cl)c4F)[C@@H]3N2)c(N)c1. The van der Waals surface area contributed by atoms with Crippen LogP contribution in [-0.2, 0) is 15.1 Å². The molecular weight excluding hydrogens is 530 g/mol. The number of benzene rings is 3. The molecule has 198 valence electrons. The van der Waals surface area contributed by atoms with Crippen molar-refractivity contribution in [2.45, 2.75) is 43.4 Å². The molecule has 3 aliphatic heterocycles. The van der Waals surface area contributed by atoms with Crippen LogP contribution in [-0.4, -0.2) is 31.1 Å². The van der Waals surface area contributed by atoms with E-state index in [1.165, 1.54) is 13.2 Å². The topological polar surface area (TPSA) is 105 Å². The molecular formula is C28H27Cl2FN4O3. The first-order valence-electron chi connectivity index (χ1n) is 11.8. The van der Waals surface area contributed by atoms with E-state index >= 15 is 4.39 Å². The zero-order valence-corrected chi connectivity index (χ0v) is 21.2. The predicted molar refractivity (Wildman–Crippen MR) is 146 cm³/mol. The molecule has 1 spiro atoms. The van der Waals surface area contributed by atoms with E-state index in [0.29, 0.717) is 39.5 Å². The number of amides is 1. The monoisotopic (exact) mass is 556 g/mol. The molecule has 1 amide bonds. The molecule has 3 heterocycles. The van der Waals surface area contributed by atoms with Crippen LogP contribution in [0.2, 0.25) is 10.0 Å². The van der Waals surface area contributed by atoms with Crippen molar-refractivity contribution in [2.24, 2.45) is 0 Å². The fourth-order valence-corrected chi connectivity index (χ4v) is 6.60. The number of carbonyl (C=O) groups excluding carboxylic acids is 2. The van der Waals surface area contributed by atoms with Gasteiger partial charge in [-0.2, -0.15) is 0 Å². The number of ether oxygens (including phenoxy) is 1. The number of esters is 1. The molecule has 6 rings (SSSR count). The normalized spacial score (nSPS) is 27.0. The molecule has 7 nitrogen and oxygen atoms in total. The molecule has 0 aromatic heterocycles. The molecule has 0 bridgehead atoms. The summed E-state index contributed by atoms with van der Waals surface area (Å²) in [7, 11) is 1.31. The van der Waals surface area contributed by atoms with Gasteiger partial charge in [0.15, 0.2) is 0 Å². The van der Waals surface area contributed by atoms with E-state index in [1.807, 2.05) is 0 Å². The maximum Gasteiger partial charge on any atom is 0.337 e. The lowest BCUT2D eigenvalue weighted by Crippen LogP contribution is -2.50. The van der Waals surface area contributed by atoms with Gasteiger partial charge in [0.25, 0.3) is 0 Å². The summed E-state index contributed by atoms with van der Waals surface area (Å²) < 4.78 is 20.3. The Hall–Kier alpha value is -3.17. The third kappa shape index (κ3) is 3.78. The Kier molecular flexibility index (Phi) is 6.64. The van der Waals surface area contributed by atoms with Crippen molar-refractivity contribution in [1.82, 2.24) is 10.6 Å². The Balaban J connectivity index is 0.00000294. The highest BCUT2D eigenvalue weighted by atomic mass is 35.5. The minimum absolute atomic E-state index is 0. The van der Waals surface area contributed by atoms with Crippen LogP contribution >= 0.6 is 23.2 Å². The van der Waals surface area contributed by atoms with Gasteiger partial charge in [-0.1, -0.05) is 54.9 Å². The number of fused-ring (bicyclic) bond motifs is 3. The van der Waals surface area contributed by atoms with E-state index < -0.39 is 23.2 Å². The van der Waals surface area contributed by atoms with Crippen molar-refractivity contribution >= 4 is 46.5 Å². The second-order valence-electron chi connectivity index (χ2n) is 9.64. The third-order valence-electron chi connectivity index (χ3n) is 7.77. The minimum atomic E-state index is -1.22. The Labute approximate surface area is 229 Å². The predicted octanol–water partition coefficient (Wildman–Crippen LogP) is 5.14. The van der Waals surface area contributed by atoms with Crippen molar-refractivity contribution < 1.29 is 18.7 Å². The molecule has 3 aliphatic rings. The van der Waals surface area contributed by atoms with E-state index in [1.54, 1.807) is 48.5 Å². The van der Waals surface area contributed by atoms with Crippen molar-refractivity contribution in [2.75, 3.05) is 18.2 Å². The maximum atomic E-state index is 15.5. The van der Waals surface area contributed by atoms with Gasteiger partial charge in [-0.05, 0) is 47.9 Å². The first kappa shape index (κ1) is 26.4. The summed E-state index contributed by atoms with van der Waals surface area (Å²) in [6, 6.07) is 14.4. The van der Waals surface area contributed by atoms with E-state index in [4.69, 9.17) is 33.7 Å². The number of nitrogens with two attached hydrogens (primary N) is 1. The summed E-state index contributed by atoms with van der Waals surface area (Å²) in [6.45, 7) is 0. The molecule has 38 heavy (non-hydrogen) atoms. The molecule has 2 fully saturated rings. The van der Waals surface area contributed by atoms with Crippen molar-refractivity contribution in [3.05, 3.63) is 92.7 Å². The summed E-state index contributed by atoms with van der Waals surface area (Å²) in [5, 5.41) is 10.6. The Morgan fingerprint density at radius 1 is 1.13 bits per heavy atom. The van der Waals surface area contributed by atoms with E-state index in [0.717, 1.165) is 5.56 Å². The zero-order chi connectivity index (χ0) is 26.1. The smallest absolute Gasteiger partial charge is 0.337 e. The second-order valence-corrected chi connectivity index (χ2v) is 10.5. The van der Waals surface area contributed by atoms with Crippen LogP contribution in [0.15, 0.2) is 54.6 Å². The van der Waals surface area contributed by atoms with Gasteiger partial charge < -0.3 is 21.1 Å². The molecule has 5 atom stereocenters. The number of halogens is 3.